The number of carbonyl (C=O) groups is 1. The van der Waals surface area contributed by atoms with Gasteiger partial charge in [0, 0.05) is 31.9 Å². The van der Waals surface area contributed by atoms with Gasteiger partial charge in [0.05, 0.1) is 16.3 Å². The van der Waals surface area contributed by atoms with Crippen molar-refractivity contribution in [2.45, 2.75) is 23.9 Å². The van der Waals surface area contributed by atoms with E-state index >= 15 is 0 Å². The number of aryl methyl sites for hydroxylation is 2. The van der Waals surface area contributed by atoms with Gasteiger partial charge in [-0.15, -0.1) is 10.2 Å². The molecule has 1 aromatic carbocycles. The van der Waals surface area contributed by atoms with Gasteiger partial charge in [0.2, 0.25) is 21.1 Å². The lowest BCUT2D eigenvalue weighted by Crippen LogP contribution is -2.50. The van der Waals surface area contributed by atoms with Crippen molar-refractivity contribution in [1.82, 2.24) is 33.9 Å². The second-order valence-electron chi connectivity index (χ2n) is 7.38. The Hall–Kier alpha value is -2.90. The number of nitrogen functional groups attached to an aromatic ring is 1. The second kappa shape index (κ2) is 8.92. The molecule has 1 saturated heterocycles. The normalized spacial score (nSPS) is 15.2. The van der Waals surface area contributed by atoms with Crippen molar-refractivity contribution < 1.29 is 13.2 Å². The lowest BCUT2D eigenvalue weighted by atomic mass is 10.3. The summed E-state index contributed by atoms with van der Waals surface area (Å²) >= 11 is 1.18. The number of hydrogen-bond donors (Lipinski definition) is 1. The van der Waals surface area contributed by atoms with E-state index in [0.29, 0.717) is 24.2 Å². The molecule has 11 nitrogen and oxygen atoms in total. The first-order valence-electron chi connectivity index (χ1n) is 9.97. The molecule has 1 aliphatic heterocycles. The zero-order valence-electron chi connectivity index (χ0n) is 17.7. The van der Waals surface area contributed by atoms with E-state index in [1.165, 1.54) is 20.7 Å². The van der Waals surface area contributed by atoms with Gasteiger partial charge in [-0.2, -0.15) is 9.40 Å². The van der Waals surface area contributed by atoms with Crippen molar-refractivity contribution in [2.24, 2.45) is 0 Å². The maximum Gasteiger partial charge on any atom is 0.271 e. The molecular formula is C19H24N8O3S2. The number of carbonyl (C=O) groups excluding carboxylic acids is 1. The Morgan fingerprint density at radius 2 is 1.78 bits per heavy atom. The predicted molar refractivity (Wildman–Crippen MR) is 119 cm³/mol. The van der Waals surface area contributed by atoms with E-state index in [2.05, 4.69) is 15.3 Å². The number of nitrogens with zero attached hydrogens (tertiary/aromatic N) is 7. The summed E-state index contributed by atoms with van der Waals surface area (Å²) < 4.78 is 29.8. The van der Waals surface area contributed by atoms with Gasteiger partial charge in [-0.3, -0.25) is 4.79 Å². The Morgan fingerprint density at radius 1 is 1.09 bits per heavy atom. The maximum absolute atomic E-state index is 12.7. The quantitative estimate of drug-likeness (QED) is 0.400. The second-order valence-corrected chi connectivity index (χ2v) is 10.3. The molecule has 32 heavy (non-hydrogen) atoms. The molecule has 3 aromatic rings. The highest BCUT2D eigenvalue weighted by molar-refractivity contribution is 7.99. The summed E-state index contributed by atoms with van der Waals surface area (Å²) in [5.74, 6) is 6.49. The van der Waals surface area contributed by atoms with Crippen LogP contribution in [0.3, 0.4) is 0 Å². The summed E-state index contributed by atoms with van der Waals surface area (Å²) in [7, 11) is -3.55. The van der Waals surface area contributed by atoms with Crippen LogP contribution in [0.25, 0.3) is 5.95 Å². The van der Waals surface area contributed by atoms with E-state index in [1.807, 2.05) is 19.9 Å². The molecule has 0 radical (unpaired) electrons. The van der Waals surface area contributed by atoms with E-state index in [9.17, 15) is 13.2 Å². The molecule has 13 heteroatoms. The monoisotopic (exact) mass is 476 g/mol. The topological polar surface area (TPSA) is 132 Å². The highest BCUT2D eigenvalue weighted by atomic mass is 32.2. The van der Waals surface area contributed by atoms with Gasteiger partial charge in [0.15, 0.2) is 0 Å². The number of sulfonamides is 1. The van der Waals surface area contributed by atoms with Crippen LogP contribution in [0.2, 0.25) is 0 Å². The van der Waals surface area contributed by atoms with Crippen molar-refractivity contribution in [3.8, 4) is 5.95 Å². The maximum atomic E-state index is 12.7. The van der Waals surface area contributed by atoms with Crippen molar-refractivity contribution in [2.75, 3.05) is 37.8 Å². The molecule has 0 aliphatic carbocycles. The van der Waals surface area contributed by atoms with E-state index in [4.69, 9.17) is 5.84 Å². The number of amides is 1. The number of hydrogen-bond acceptors (Lipinski definition) is 8. The molecule has 4 rings (SSSR count). The lowest BCUT2D eigenvalue weighted by molar-refractivity contribution is -0.129. The van der Waals surface area contributed by atoms with Crippen molar-refractivity contribution in [1.29, 1.82) is 0 Å². The molecule has 0 bridgehead atoms. The molecule has 0 atom stereocenters. The highest BCUT2D eigenvalue weighted by Gasteiger charge is 2.30. The zero-order valence-corrected chi connectivity index (χ0v) is 19.4. The van der Waals surface area contributed by atoms with Gasteiger partial charge < -0.3 is 10.7 Å². The highest BCUT2D eigenvalue weighted by Crippen LogP contribution is 2.20. The smallest absolute Gasteiger partial charge is 0.271 e. The van der Waals surface area contributed by atoms with Gasteiger partial charge in [-0.05, 0) is 32.0 Å². The van der Waals surface area contributed by atoms with Gasteiger partial charge >= 0.3 is 0 Å². The summed E-state index contributed by atoms with van der Waals surface area (Å²) in [5, 5.41) is 12.9. The Balaban J connectivity index is 1.34. The van der Waals surface area contributed by atoms with Crippen LogP contribution in [0.1, 0.15) is 11.4 Å². The first-order valence-corrected chi connectivity index (χ1v) is 12.4. The molecule has 0 unspecified atom stereocenters. The van der Waals surface area contributed by atoms with Crippen LogP contribution in [0, 0.1) is 13.8 Å². The molecule has 1 fully saturated rings. The molecule has 0 saturated carbocycles. The third kappa shape index (κ3) is 4.36. The Bertz CT molecular complexity index is 1210. The Labute approximate surface area is 190 Å². The van der Waals surface area contributed by atoms with Crippen molar-refractivity contribution in [3.05, 3.63) is 47.8 Å². The summed E-state index contributed by atoms with van der Waals surface area (Å²) in [4.78, 5) is 14.6. The summed E-state index contributed by atoms with van der Waals surface area (Å²) in [6.45, 7) is 4.93. The lowest BCUT2D eigenvalue weighted by Gasteiger charge is -2.34. The van der Waals surface area contributed by atoms with E-state index < -0.39 is 10.0 Å². The Morgan fingerprint density at radius 3 is 2.41 bits per heavy atom. The number of aromatic nitrogens is 5. The van der Waals surface area contributed by atoms with Crippen LogP contribution in [0.4, 0.5) is 0 Å². The third-order valence-corrected chi connectivity index (χ3v) is 7.98. The molecule has 0 spiro atoms. The first-order chi connectivity index (χ1) is 15.3. The average molecular weight is 477 g/mol. The minimum Gasteiger partial charge on any atom is -0.339 e. The van der Waals surface area contributed by atoms with Crippen LogP contribution in [-0.2, 0) is 14.8 Å². The fraction of sp³-hybridized carbons (Fsp3) is 0.368. The third-order valence-electron chi connectivity index (χ3n) is 5.14. The van der Waals surface area contributed by atoms with Crippen LogP contribution in [0.5, 0.6) is 0 Å². The molecule has 1 aliphatic rings. The summed E-state index contributed by atoms with van der Waals surface area (Å²) in [6, 6.07) is 10.2. The minimum atomic E-state index is -3.55. The minimum absolute atomic E-state index is 0.109. The molecule has 170 valence electrons. The fourth-order valence-corrected chi connectivity index (χ4v) is 5.68. The summed E-state index contributed by atoms with van der Waals surface area (Å²) in [6.07, 6.45) is 0. The molecular weight excluding hydrogens is 452 g/mol. The van der Waals surface area contributed by atoms with Crippen LogP contribution in [0.15, 0.2) is 46.5 Å². The summed E-state index contributed by atoms with van der Waals surface area (Å²) in [5.41, 5.74) is 1.71. The SMILES string of the molecule is Cc1cc(C)n(-c2nnc(SCC(=O)N3CCN(S(=O)(=O)c4ccccc4)CC3)n2N)n1. The number of thioether (sulfide) groups is 1. The van der Waals surface area contributed by atoms with Gasteiger partial charge in [-0.25, -0.2) is 17.8 Å². The number of piperazine rings is 1. The number of benzene rings is 1. The van der Waals surface area contributed by atoms with Gasteiger partial charge in [0.1, 0.15) is 0 Å². The van der Waals surface area contributed by atoms with Crippen LogP contribution >= 0.6 is 11.8 Å². The largest absolute Gasteiger partial charge is 0.339 e. The van der Waals surface area contributed by atoms with Crippen LogP contribution in [-0.4, -0.2) is 80.1 Å². The van der Waals surface area contributed by atoms with E-state index in [1.54, 1.807) is 39.9 Å². The standard InChI is InChI=1S/C19H24N8O3S2/c1-14-12-15(2)27(23-14)18-21-22-19(26(18)20)31-13-17(28)24-8-10-25(11-9-24)32(29,30)16-6-4-3-5-7-16/h3-7,12H,8-11,13,20H2,1-2H3. The van der Waals surface area contributed by atoms with Crippen molar-refractivity contribution >= 4 is 27.7 Å². The van der Waals surface area contributed by atoms with Crippen molar-refractivity contribution in [3.63, 3.8) is 0 Å². The fourth-order valence-electron chi connectivity index (χ4n) is 3.48. The average Bonchev–Trinajstić information content (AvgIpc) is 3.32. The first kappa shape index (κ1) is 22.3. The van der Waals surface area contributed by atoms with Crippen LogP contribution < -0.4 is 5.84 Å². The number of rotatable bonds is 6. The van der Waals surface area contributed by atoms with Gasteiger partial charge in [-0.1, -0.05) is 30.0 Å². The zero-order chi connectivity index (χ0) is 22.9. The van der Waals surface area contributed by atoms with E-state index in [-0.39, 0.29) is 29.6 Å². The van der Waals surface area contributed by atoms with Gasteiger partial charge in [0.25, 0.3) is 5.95 Å². The number of nitrogens with two attached hydrogens (primary N) is 1. The molecule has 3 heterocycles. The predicted octanol–water partition coefficient (Wildman–Crippen LogP) is 0.420. The Kier molecular flexibility index (Phi) is 6.22. The molecule has 1 amide bonds. The molecule has 2 N–H and O–H groups in total. The molecule has 2 aromatic heterocycles. The van der Waals surface area contributed by atoms with E-state index in [0.717, 1.165) is 11.4 Å².